The summed E-state index contributed by atoms with van der Waals surface area (Å²) in [4.78, 5) is 1.11. The largest absolute Gasteiger partial charge is 0.488 e. The zero-order chi connectivity index (χ0) is 13.1. The first-order chi connectivity index (χ1) is 8.56. The summed E-state index contributed by atoms with van der Waals surface area (Å²) in [6.45, 7) is 4.54. The molecule has 1 aromatic heterocycles. The molecule has 2 rings (SSSR count). The zero-order valence-corrected chi connectivity index (χ0v) is 12.0. The van der Waals surface area contributed by atoms with Crippen LogP contribution in [-0.4, -0.2) is 0 Å². The first-order valence-electron chi connectivity index (χ1n) is 5.79. The van der Waals surface area contributed by atoms with E-state index in [0.717, 1.165) is 20.5 Å². The molecule has 1 atom stereocenters. The van der Waals surface area contributed by atoms with Crippen LogP contribution in [0.15, 0.2) is 30.3 Å². The Kier molecular flexibility index (Phi) is 4.27. The first-order valence-corrected chi connectivity index (χ1v) is 6.99. The lowest BCUT2D eigenvalue weighted by Crippen LogP contribution is -2.08. The summed E-state index contributed by atoms with van der Waals surface area (Å²) >= 11 is 7.42. The molecule has 0 unspecified atom stereocenters. The van der Waals surface area contributed by atoms with Crippen LogP contribution in [-0.2, 0) is 6.61 Å². The van der Waals surface area contributed by atoms with Gasteiger partial charge in [-0.1, -0.05) is 29.3 Å². The van der Waals surface area contributed by atoms with Gasteiger partial charge in [-0.3, -0.25) is 0 Å². The van der Waals surface area contributed by atoms with E-state index in [2.05, 4.69) is 13.0 Å². The first kappa shape index (κ1) is 13.4. The summed E-state index contributed by atoms with van der Waals surface area (Å²) in [5, 5.41) is 0. The van der Waals surface area contributed by atoms with Crippen LogP contribution in [0.25, 0.3) is 0 Å². The molecule has 0 aliphatic rings. The van der Waals surface area contributed by atoms with Gasteiger partial charge in [0.25, 0.3) is 0 Å². The summed E-state index contributed by atoms with van der Waals surface area (Å²) in [6.07, 6.45) is 0. The van der Waals surface area contributed by atoms with Crippen LogP contribution in [0, 0.1) is 6.92 Å². The number of nitrogens with two attached hydrogens (primary N) is 1. The van der Waals surface area contributed by atoms with E-state index in [4.69, 9.17) is 22.1 Å². The molecule has 0 aliphatic carbocycles. The summed E-state index contributed by atoms with van der Waals surface area (Å²) in [6, 6.07) is 9.90. The van der Waals surface area contributed by atoms with Crippen LogP contribution in [0.4, 0.5) is 0 Å². The van der Waals surface area contributed by atoms with Gasteiger partial charge in [0.2, 0.25) is 0 Å². The van der Waals surface area contributed by atoms with Crippen LogP contribution in [0.2, 0.25) is 4.34 Å². The normalized spacial score (nSPS) is 12.4. The SMILES string of the molecule is Cc1ccc(OCc2ccc(Cl)s2)c([C@H](C)N)c1. The van der Waals surface area contributed by atoms with Crippen LogP contribution < -0.4 is 10.5 Å². The number of thiophene rings is 1. The average molecular weight is 282 g/mol. The Labute approximate surface area is 116 Å². The van der Waals surface area contributed by atoms with Crippen molar-refractivity contribution in [3.05, 3.63) is 50.7 Å². The van der Waals surface area contributed by atoms with E-state index in [1.165, 1.54) is 16.9 Å². The lowest BCUT2D eigenvalue weighted by atomic mass is 10.1. The summed E-state index contributed by atoms with van der Waals surface area (Å²) < 4.78 is 6.61. The quantitative estimate of drug-likeness (QED) is 0.906. The van der Waals surface area contributed by atoms with Crippen molar-refractivity contribution >= 4 is 22.9 Å². The van der Waals surface area contributed by atoms with Gasteiger partial charge in [-0.05, 0) is 32.0 Å². The lowest BCUT2D eigenvalue weighted by molar-refractivity contribution is 0.305. The fourth-order valence-electron chi connectivity index (χ4n) is 1.73. The van der Waals surface area contributed by atoms with Gasteiger partial charge in [-0.25, -0.2) is 0 Å². The van der Waals surface area contributed by atoms with E-state index in [1.807, 2.05) is 31.2 Å². The maximum atomic E-state index is 5.96. The van der Waals surface area contributed by atoms with Crippen molar-refractivity contribution in [3.8, 4) is 5.75 Å². The topological polar surface area (TPSA) is 35.2 Å². The molecule has 0 saturated carbocycles. The maximum absolute atomic E-state index is 5.96. The molecule has 0 bridgehead atoms. The predicted octanol–water partition coefficient (Wildman–Crippen LogP) is 4.31. The molecular weight excluding hydrogens is 266 g/mol. The van der Waals surface area contributed by atoms with Gasteiger partial charge < -0.3 is 10.5 Å². The Hall–Kier alpha value is -1.03. The Morgan fingerprint density at radius 1 is 1.33 bits per heavy atom. The third-order valence-corrected chi connectivity index (χ3v) is 3.86. The molecule has 96 valence electrons. The van der Waals surface area contributed by atoms with Crippen LogP contribution in [0.5, 0.6) is 5.75 Å². The van der Waals surface area contributed by atoms with Crippen molar-refractivity contribution in [1.82, 2.24) is 0 Å². The highest BCUT2D eigenvalue weighted by Gasteiger charge is 2.09. The summed E-state index contributed by atoms with van der Waals surface area (Å²) in [7, 11) is 0. The van der Waals surface area contributed by atoms with Crippen molar-refractivity contribution in [3.63, 3.8) is 0 Å². The molecule has 2 aromatic rings. The predicted molar refractivity (Wildman–Crippen MR) is 77.4 cm³/mol. The van der Waals surface area contributed by atoms with Gasteiger partial charge in [0.05, 0.1) is 4.34 Å². The second-order valence-electron chi connectivity index (χ2n) is 4.32. The van der Waals surface area contributed by atoms with E-state index in [9.17, 15) is 0 Å². The standard InChI is InChI=1S/C14H16ClNOS/c1-9-3-5-13(12(7-9)10(2)16)17-8-11-4-6-14(15)18-11/h3-7,10H,8,16H2,1-2H3/t10-/m0/s1. The highest BCUT2D eigenvalue weighted by Crippen LogP contribution is 2.27. The van der Waals surface area contributed by atoms with Crippen molar-refractivity contribution in [2.45, 2.75) is 26.5 Å². The molecule has 1 aromatic carbocycles. The van der Waals surface area contributed by atoms with Crippen molar-refractivity contribution in [2.24, 2.45) is 5.73 Å². The van der Waals surface area contributed by atoms with E-state index < -0.39 is 0 Å². The Bertz CT molecular complexity index is 536. The van der Waals surface area contributed by atoms with Gasteiger partial charge in [-0.15, -0.1) is 11.3 Å². The average Bonchev–Trinajstić information content (AvgIpc) is 2.73. The fraction of sp³-hybridized carbons (Fsp3) is 0.286. The highest BCUT2D eigenvalue weighted by molar-refractivity contribution is 7.16. The molecule has 4 heteroatoms. The number of rotatable bonds is 4. The van der Waals surface area contributed by atoms with Crippen molar-refractivity contribution in [1.29, 1.82) is 0 Å². The van der Waals surface area contributed by atoms with Gasteiger partial charge >= 0.3 is 0 Å². The molecule has 2 N–H and O–H groups in total. The Morgan fingerprint density at radius 2 is 2.11 bits per heavy atom. The molecule has 2 nitrogen and oxygen atoms in total. The fourth-order valence-corrected chi connectivity index (χ4v) is 2.73. The summed E-state index contributed by atoms with van der Waals surface area (Å²) in [5.74, 6) is 0.847. The maximum Gasteiger partial charge on any atom is 0.124 e. The number of halogens is 1. The molecular formula is C14H16ClNOS. The Morgan fingerprint density at radius 3 is 2.72 bits per heavy atom. The molecule has 0 amide bonds. The minimum absolute atomic E-state index is 0.0353. The number of hydrogen-bond donors (Lipinski definition) is 1. The molecule has 0 fully saturated rings. The van der Waals surface area contributed by atoms with Gasteiger partial charge in [-0.2, -0.15) is 0 Å². The van der Waals surface area contributed by atoms with Gasteiger partial charge in [0, 0.05) is 16.5 Å². The minimum atomic E-state index is -0.0353. The molecule has 18 heavy (non-hydrogen) atoms. The lowest BCUT2D eigenvalue weighted by Gasteiger charge is -2.14. The van der Waals surface area contributed by atoms with Crippen LogP contribution in [0.1, 0.15) is 29.0 Å². The molecule has 1 heterocycles. The van der Waals surface area contributed by atoms with E-state index >= 15 is 0 Å². The molecule has 0 aliphatic heterocycles. The number of benzene rings is 1. The van der Waals surface area contributed by atoms with Crippen molar-refractivity contribution in [2.75, 3.05) is 0 Å². The Balaban J connectivity index is 2.13. The third-order valence-electron chi connectivity index (χ3n) is 2.65. The number of ether oxygens (including phenoxy) is 1. The molecule has 0 spiro atoms. The second-order valence-corrected chi connectivity index (χ2v) is 6.12. The second kappa shape index (κ2) is 5.74. The summed E-state index contributed by atoms with van der Waals surface area (Å²) in [5.41, 5.74) is 8.19. The minimum Gasteiger partial charge on any atom is -0.488 e. The van der Waals surface area contributed by atoms with Crippen molar-refractivity contribution < 1.29 is 4.74 Å². The monoisotopic (exact) mass is 281 g/mol. The van der Waals surface area contributed by atoms with Gasteiger partial charge in [0.15, 0.2) is 0 Å². The molecule has 0 saturated heterocycles. The third kappa shape index (κ3) is 3.25. The van der Waals surface area contributed by atoms with Crippen LogP contribution in [0.3, 0.4) is 0 Å². The van der Waals surface area contributed by atoms with Gasteiger partial charge in [0.1, 0.15) is 12.4 Å². The molecule has 0 radical (unpaired) electrons. The highest BCUT2D eigenvalue weighted by atomic mass is 35.5. The zero-order valence-electron chi connectivity index (χ0n) is 10.4. The van der Waals surface area contributed by atoms with E-state index in [1.54, 1.807) is 0 Å². The number of aryl methyl sites for hydroxylation is 1. The smallest absolute Gasteiger partial charge is 0.124 e. The van der Waals surface area contributed by atoms with Crippen LogP contribution >= 0.6 is 22.9 Å². The van der Waals surface area contributed by atoms with E-state index in [-0.39, 0.29) is 6.04 Å². The number of hydrogen-bond acceptors (Lipinski definition) is 3. The van der Waals surface area contributed by atoms with E-state index in [0.29, 0.717) is 6.61 Å².